The van der Waals surface area contributed by atoms with E-state index in [2.05, 4.69) is 9.69 Å². The molecule has 0 heterocycles. The van der Waals surface area contributed by atoms with Gasteiger partial charge < -0.3 is 14.9 Å². The molecule has 0 atom stereocenters. The van der Waals surface area contributed by atoms with E-state index in [1.807, 2.05) is 0 Å². The molecule has 54 valence electrons. The average Bonchev–Trinajstić information content (AvgIpc) is 1.59. The number of halogens is 3. The van der Waals surface area contributed by atoms with Gasteiger partial charge in [-0.1, -0.05) is 0 Å². The van der Waals surface area contributed by atoms with Crippen molar-refractivity contribution in [2.75, 3.05) is 0 Å². The van der Waals surface area contributed by atoms with Crippen LogP contribution in [0.3, 0.4) is 0 Å². The summed E-state index contributed by atoms with van der Waals surface area (Å²) in [6.07, 6.45) is -5.09. The lowest BCUT2D eigenvalue weighted by molar-refractivity contribution is -0.505. The molecule has 8 heteroatoms. The fourth-order valence-corrected chi connectivity index (χ4v) is 0.0938. The Kier molecular flexibility index (Phi) is 2.91. The Bertz CT molecular complexity index is 80.4. The average molecular weight is 144 g/mol. The van der Waals surface area contributed by atoms with Gasteiger partial charge in [0.2, 0.25) is 0 Å². The Balaban J connectivity index is 3.28. The quantitative estimate of drug-likeness (QED) is 0.259. The zero-order valence-electron chi connectivity index (χ0n) is 3.84. The number of hydrogen-bond donors (Lipinski definition) is 0. The lowest BCUT2D eigenvalue weighted by atomic mass is 10.3. The Labute approximate surface area is 47.9 Å². The summed E-state index contributed by atoms with van der Waals surface area (Å²) in [5, 5.41) is 18.3. The standard InChI is InChI=1S/CBF3O4/c3-1(4,5)8-9-2(6)7/q-2. The van der Waals surface area contributed by atoms with Crippen molar-refractivity contribution < 1.29 is 32.9 Å². The van der Waals surface area contributed by atoms with Crippen LogP contribution in [-0.2, 0) is 9.69 Å². The highest BCUT2D eigenvalue weighted by molar-refractivity contribution is 6.27. The summed E-state index contributed by atoms with van der Waals surface area (Å²) in [5.74, 6) is 0. The first-order valence-electron chi connectivity index (χ1n) is 1.64. The first-order chi connectivity index (χ1) is 3.92. The van der Waals surface area contributed by atoms with Gasteiger partial charge in [-0.2, -0.15) is 4.89 Å². The molecular weight excluding hydrogens is 144 g/mol. The Morgan fingerprint density at radius 3 is 1.78 bits per heavy atom. The van der Waals surface area contributed by atoms with Gasteiger partial charge in [0.1, 0.15) is 7.32 Å². The first kappa shape index (κ1) is 8.69. The predicted molar refractivity (Wildman–Crippen MR) is 14.0 cm³/mol. The van der Waals surface area contributed by atoms with E-state index in [1.165, 1.54) is 0 Å². The highest BCUT2D eigenvalue weighted by Crippen LogP contribution is 2.15. The smallest absolute Gasteiger partial charge is 0.548 e. The van der Waals surface area contributed by atoms with E-state index >= 15 is 0 Å². The van der Waals surface area contributed by atoms with Crippen LogP contribution in [0.4, 0.5) is 13.2 Å². The normalized spacial score (nSPS) is 11.7. The summed E-state index contributed by atoms with van der Waals surface area (Å²) in [7, 11) is -3.08. The number of hydrogen-bond acceptors (Lipinski definition) is 4. The molecule has 0 aromatic carbocycles. The SMILES string of the molecule is [O-]B([O-])OOC(F)(F)F. The minimum absolute atomic E-state index is 2.37. The molecule has 0 saturated heterocycles. The molecule has 0 aromatic rings. The molecular formula is CBF3O4-2. The van der Waals surface area contributed by atoms with Gasteiger partial charge in [-0.25, -0.2) is 0 Å². The molecule has 0 radical (unpaired) electrons. The summed E-state index contributed by atoms with van der Waals surface area (Å²) in [6, 6.07) is 0. The minimum atomic E-state index is -5.09. The van der Waals surface area contributed by atoms with E-state index in [9.17, 15) is 23.2 Å². The largest absolute Gasteiger partial charge is 0.868 e. The predicted octanol–water partition coefficient (Wildman–Crippen LogP) is -1.84. The molecule has 0 bridgehead atoms. The van der Waals surface area contributed by atoms with Crippen molar-refractivity contribution in [3.8, 4) is 0 Å². The van der Waals surface area contributed by atoms with Crippen molar-refractivity contribution in [2.24, 2.45) is 0 Å². The van der Waals surface area contributed by atoms with E-state index in [4.69, 9.17) is 0 Å². The van der Waals surface area contributed by atoms with Gasteiger partial charge in [-0.3, -0.25) is 0 Å². The topological polar surface area (TPSA) is 64.6 Å². The number of rotatable bonds is 2. The summed E-state index contributed by atoms with van der Waals surface area (Å²) in [4.78, 5) is 5.04. The van der Waals surface area contributed by atoms with Crippen molar-refractivity contribution in [3.05, 3.63) is 0 Å². The Morgan fingerprint density at radius 2 is 1.67 bits per heavy atom. The molecule has 0 saturated carbocycles. The lowest BCUT2D eigenvalue weighted by Gasteiger charge is -2.23. The second-order valence-electron chi connectivity index (χ2n) is 0.914. The zero-order chi connectivity index (χ0) is 7.49. The summed E-state index contributed by atoms with van der Waals surface area (Å²) in [6.45, 7) is 0. The van der Waals surface area contributed by atoms with Gasteiger partial charge in [0, 0.05) is 0 Å². The fraction of sp³-hybridized carbons (Fsp3) is 1.00. The molecule has 4 nitrogen and oxygen atoms in total. The molecule has 0 unspecified atom stereocenters. The molecule has 0 aliphatic heterocycles. The van der Waals surface area contributed by atoms with Crippen LogP contribution in [0.15, 0.2) is 0 Å². The van der Waals surface area contributed by atoms with Crippen LogP contribution in [0.5, 0.6) is 0 Å². The van der Waals surface area contributed by atoms with Gasteiger partial charge in [0.15, 0.2) is 0 Å². The number of alkyl halides is 3. The summed E-state index contributed by atoms with van der Waals surface area (Å²) >= 11 is 0. The molecule has 0 spiro atoms. The van der Waals surface area contributed by atoms with Crippen LogP contribution in [0, 0.1) is 0 Å². The van der Waals surface area contributed by atoms with Crippen LogP contribution in [0.2, 0.25) is 0 Å². The van der Waals surface area contributed by atoms with E-state index in [-0.39, 0.29) is 0 Å². The van der Waals surface area contributed by atoms with Crippen molar-refractivity contribution in [1.82, 2.24) is 0 Å². The van der Waals surface area contributed by atoms with Crippen molar-refractivity contribution in [1.29, 1.82) is 0 Å². The van der Waals surface area contributed by atoms with Crippen molar-refractivity contribution >= 4 is 7.32 Å². The third-order valence-corrected chi connectivity index (χ3v) is 0.221. The fourth-order valence-electron chi connectivity index (χ4n) is 0.0938. The first-order valence-corrected chi connectivity index (χ1v) is 1.64. The molecule has 0 fully saturated rings. The molecule has 9 heavy (non-hydrogen) atoms. The van der Waals surface area contributed by atoms with Crippen molar-refractivity contribution in [3.63, 3.8) is 0 Å². The molecule has 0 aliphatic carbocycles. The van der Waals surface area contributed by atoms with Crippen LogP contribution in [0.1, 0.15) is 0 Å². The van der Waals surface area contributed by atoms with Crippen molar-refractivity contribution in [2.45, 2.75) is 6.36 Å². The highest BCUT2D eigenvalue weighted by Gasteiger charge is 2.30. The Hall–Kier alpha value is -0.305. The third kappa shape index (κ3) is 7.69. The monoisotopic (exact) mass is 144 g/mol. The van der Waals surface area contributed by atoms with E-state index in [1.54, 1.807) is 0 Å². The maximum Gasteiger partial charge on any atom is 0.548 e. The Morgan fingerprint density at radius 1 is 1.22 bits per heavy atom. The zero-order valence-corrected chi connectivity index (χ0v) is 3.84. The second-order valence-corrected chi connectivity index (χ2v) is 0.914. The van der Waals surface area contributed by atoms with E-state index in [0.717, 1.165) is 0 Å². The minimum Gasteiger partial charge on any atom is -0.868 e. The maximum absolute atomic E-state index is 10.8. The van der Waals surface area contributed by atoms with Crippen LogP contribution >= 0.6 is 0 Å². The van der Waals surface area contributed by atoms with Crippen LogP contribution in [0.25, 0.3) is 0 Å². The van der Waals surface area contributed by atoms with Gasteiger partial charge in [-0.05, 0) is 0 Å². The van der Waals surface area contributed by atoms with Gasteiger partial charge in [0.25, 0.3) is 0 Å². The second kappa shape index (κ2) is 3.02. The van der Waals surface area contributed by atoms with Crippen LogP contribution in [-0.4, -0.2) is 13.7 Å². The lowest BCUT2D eigenvalue weighted by Crippen LogP contribution is -2.48. The van der Waals surface area contributed by atoms with E-state index < -0.39 is 13.7 Å². The van der Waals surface area contributed by atoms with Gasteiger partial charge in [0.05, 0.1) is 0 Å². The molecule has 0 rings (SSSR count). The molecule has 0 aliphatic rings. The molecule has 0 amide bonds. The van der Waals surface area contributed by atoms with Gasteiger partial charge in [-0.15, -0.1) is 13.2 Å². The highest BCUT2D eigenvalue weighted by atomic mass is 19.4. The van der Waals surface area contributed by atoms with Crippen LogP contribution < -0.4 is 10.0 Å². The third-order valence-electron chi connectivity index (χ3n) is 0.221. The van der Waals surface area contributed by atoms with E-state index in [0.29, 0.717) is 0 Å². The summed E-state index contributed by atoms with van der Waals surface area (Å²) < 4.78 is 32.4. The summed E-state index contributed by atoms with van der Waals surface area (Å²) in [5.41, 5.74) is 0. The van der Waals surface area contributed by atoms with Gasteiger partial charge >= 0.3 is 6.36 Å². The molecule has 0 aromatic heterocycles. The maximum atomic E-state index is 10.8. The molecule has 0 N–H and O–H groups in total.